The van der Waals surface area contributed by atoms with Crippen LogP contribution >= 0.6 is 0 Å². The maximum absolute atomic E-state index is 12.3. The summed E-state index contributed by atoms with van der Waals surface area (Å²) in [4.78, 5) is -0.293. The lowest BCUT2D eigenvalue weighted by atomic mass is 10.1. The van der Waals surface area contributed by atoms with Gasteiger partial charge in [-0.3, -0.25) is 0 Å². The van der Waals surface area contributed by atoms with Crippen molar-refractivity contribution in [3.63, 3.8) is 0 Å². The molecular formula is C12H14F3NO4S. The molecule has 0 bridgehead atoms. The smallest absolute Gasteiger partial charge is 0.406 e. The highest BCUT2D eigenvalue weighted by Gasteiger charge is 2.33. The Morgan fingerprint density at radius 1 is 1.33 bits per heavy atom. The average Bonchev–Trinajstić information content (AvgIpc) is 2.37. The number of halogens is 3. The van der Waals surface area contributed by atoms with E-state index in [0.717, 1.165) is 16.4 Å². The molecule has 118 valence electrons. The molecule has 2 rings (SSSR count). The van der Waals surface area contributed by atoms with Gasteiger partial charge in [-0.15, -0.1) is 13.2 Å². The van der Waals surface area contributed by atoms with E-state index in [2.05, 4.69) is 4.74 Å². The molecule has 1 saturated heterocycles. The van der Waals surface area contributed by atoms with Gasteiger partial charge in [0.1, 0.15) is 5.75 Å². The SMILES string of the molecule is O=S(=O)(c1cccc(OC(F)(F)F)c1)N1CCCC(O)C1. The van der Waals surface area contributed by atoms with Gasteiger partial charge in [-0.2, -0.15) is 4.31 Å². The van der Waals surface area contributed by atoms with Crippen molar-refractivity contribution in [1.29, 1.82) is 0 Å². The molecule has 0 radical (unpaired) electrons. The first-order valence-corrected chi connectivity index (χ1v) is 7.66. The Balaban J connectivity index is 2.26. The molecule has 0 aliphatic carbocycles. The molecule has 21 heavy (non-hydrogen) atoms. The van der Waals surface area contributed by atoms with Crippen LogP contribution < -0.4 is 4.74 Å². The van der Waals surface area contributed by atoms with Crippen LogP contribution in [0.1, 0.15) is 12.8 Å². The van der Waals surface area contributed by atoms with E-state index in [0.29, 0.717) is 12.8 Å². The van der Waals surface area contributed by atoms with Crippen LogP contribution in [0, 0.1) is 0 Å². The summed E-state index contributed by atoms with van der Waals surface area (Å²) in [6.45, 7) is 0.163. The third kappa shape index (κ3) is 4.08. The van der Waals surface area contributed by atoms with Crippen LogP contribution in [0.15, 0.2) is 29.2 Å². The molecular weight excluding hydrogens is 311 g/mol. The van der Waals surface area contributed by atoms with Crippen LogP contribution in [0.4, 0.5) is 13.2 Å². The standard InChI is InChI=1S/C12H14F3NO4S/c13-12(14,15)20-10-4-1-5-11(7-10)21(18,19)16-6-2-3-9(17)8-16/h1,4-5,7,9,17H,2-3,6,8H2. The number of nitrogens with zero attached hydrogens (tertiary/aromatic N) is 1. The molecule has 1 aromatic carbocycles. The van der Waals surface area contributed by atoms with Gasteiger partial charge in [-0.25, -0.2) is 8.42 Å². The molecule has 1 N–H and O–H groups in total. The first-order valence-electron chi connectivity index (χ1n) is 6.22. The van der Waals surface area contributed by atoms with E-state index in [1.807, 2.05) is 0 Å². The van der Waals surface area contributed by atoms with Gasteiger partial charge in [-0.1, -0.05) is 6.07 Å². The summed E-state index contributed by atoms with van der Waals surface area (Å²) in [6, 6.07) is 4.22. The van der Waals surface area contributed by atoms with Gasteiger partial charge in [-0.05, 0) is 25.0 Å². The minimum absolute atomic E-state index is 0.0628. The lowest BCUT2D eigenvalue weighted by molar-refractivity contribution is -0.274. The van der Waals surface area contributed by atoms with Crippen LogP contribution in [0.5, 0.6) is 5.75 Å². The normalized spacial score (nSPS) is 21.2. The van der Waals surface area contributed by atoms with Gasteiger partial charge in [0, 0.05) is 19.2 Å². The number of sulfonamides is 1. The van der Waals surface area contributed by atoms with Crippen molar-refractivity contribution >= 4 is 10.0 Å². The Bertz CT molecular complexity index is 603. The zero-order chi connectivity index (χ0) is 15.7. The maximum Gasteiger partial charge on any atom is 0.573 e. The van der Waals surface area contributed by atoms with Gasteiger partial charge >= 0.3 is 6.36 Å². The Hall–Kier alpha value is -1.32. The number of piperidine rings is 1. The number of ether oxygens (including phenoxy) is 1. The van der Waals surface area contributed by atoms with E-state index < -0.39 is 28.2 Å². The Morgan fingerprint density at radius 3 is 2.67 bits per heavy atom. The van der Waals surface area contributed by atoms with Crippen molar-refractivity contribution in [3.05, 3.63) is 24.3 Å². The van der Waals surface area contributed by atoms with Crippen molar-refractivity contribution in [2.75, 3.05) is 13.1 Å². The Morgan fingerprint density at radius 2 is 2.05 bits per heavy atom. The van der Waals surface area contributed by atoms with Gasteiger partial charge in [0.2, 0.25) is 10.0 Å². The molecule has 5 nitrogen and oxygen atoms in total. The largest absolute Gasteiger partial charge is 0.573 e. The Labute approximate surface area is 120 Å². The molecule has 1 heterocycles. The summed E-state index contributed by atoms with van der Waals surface area (Å²) in [5.74, 6) is -0.596. The summed E-state index contributed by atoms with van der Waals surface area (Å²) in [7, 11) is -3.95. The molecule has 1 aliphatic rings. The third-order valence-electron chi connectivity index (χ3n) is 3.04. The van der Waals surface area contributed by atoms with Gasteiger partial charge in [0.15, 0.2) is 0 Å². The summed E-state index contributed by atoms with van der Waals surface area (Å²) in [6.07, 6.45) is -4.64. The molecule has 0 aromatic heterocycles. The van der Waals surface area contributed by atoms with E-state index in [-0.39, 0.29) is 18.0 Å². The lowest BCUT2D eigenvalue weighted by Crippen LogP contribution is -2.42. The number of rotatable bonds is 3. The summed E-state index contributed by atoms with van der Waals surface area (Å²) < 4.78 is 65.9. The molecule has 1 fully saturated rings. The number of aliphatic hydroxyl groups excluding tert-OH is 1. The molecule has 1 aliphatic heterocycles. The van der Waals surface area contributed by atoms with Crippen LogP contribution in [0.3, 0.4) is 0 Å². The zero-order valence-electron chi connectivity index (χ0n) is 10.9. The minimum atomic E-state index is -4.89. The average molecular weight is 325 g/mol. The molecule has 1 unspecified atom stereocenters. The molecule has 0 spiro atoms. The number of hydrogen-bond acceptors (Lipinski definition) is 4. The fourth-order valence-corrected chi connectivity index (χ4v) is 3.67. The van der Waals surface area contributed by atoms with Gasteiger partial charge in [0.05, 0.1) is 11.0 Å². The van der Waals surface area contributed by atoms with E-state index in [1.54, 1.807) is 0 Å². The van der Waals surface area contributed by atoms with Crippen LogP contribution in [-0.4, -0.2) is 43.4 Å². The van der Waals surface area contributed by atoms with Crippen molar-refractivity contribution in [3.8, 4) is 5.75 Å². The van der Waals surface area contributed by atoms with E-state index in [1.165, 1.54) is 12.1 Å². The third-order valence-corrected chi connectivity index (χ3v) is 4.90. The first-order chi connectivity index (χ1) is 9.68. The summed E-state index contributed by atoms with van der Waals surface area (Å²) in [5.41, 5.74) is 0. The predicted molar refractivity (Wildman–Crippen MR) is 67.1 cm³/mol. The second-order valence-electron chi connectivity index (χ2n) is 4.68. The highest BCUT2D eigenvalue weighted by molar-refractivity contribution is 7.89. The van der Waals surface area contributed by atoms with Crippen molar-refractivity contribution in [2.45, 2.75) is 30.2 Å². The lowest BCUT2D eigenvalue weighted by Gasteiger charge is -2.29. The number of benzene rings is 1. The zero-order valence-corrected chi connectivity index (χ0v) is 11.7. The van der Waals surface area contributed by atoms with Gasteiger partial charge < -0.3 is 9.84 Å². The monoisotopic (exact) mass is 325 g/mol. The number of aliphatic hydroxyl groups is 1. The molecule has 0 amide bonds. The fourth-order valence-electron chi connectivity index (χ4n) is 2.12. The van der Waals surface area contributed by atoms with E-state index in [9.17, 15) is 26.7 Å². The fraction of sp³-hybridized carbons (Fsp3) is 0.500. The highest BCUT2D eigenvalue weighted by atomic mass is 32.2. The van der Waals surface area contributed by atoms with Crippen molar-refractivity contribution in [1.82, 2.24) is 4.31 Å². The number of alkyl halides is 3. The first kappa shape index (κ1) is 16.1. The topological polar surface area (TPSA) is 66.8 Å². The number of hydrogen-bond donors (Lipinski definition) is 1. The highest BCUT2D eigenvalue weighted by Crippen LogP contribution is 2.27. The Kier molecular flexibility index (Phi) is 4.45. The quantitative estimate of drug-likeness (QED) is 0.919. The molecule has 1 aromatic rings. The van der Waals surface area contributed by atoms with Crippen LogP contribution in [0.2, 0.25) is 0 Å². The second-order valence-corrected chi connectivity index (χ2v) is 6.62. The molecule has 9 heteroatoms. The van der Waals surface area contributed by atoms with Crippen LogP contribution in [-0.2, 0) is 10.0 Å². The number of β-amino-alcohol motifs (C(OH)–C–C–N with tert-alkyl or cyclic N) is 1. The van der Waals surface area contributed by atoms with E-state index >= 15 is 0 Å². The maximum atomic E-state index is 12.3. The van der Waals surface area contributed by atoms with Crippen LogP contribution in [0.25, 0.3) is 0 Å². The molecule has 0 saturated carbocycles. The summed E-state index contributed by atoms with van der Waals surface area (Å²) in [5, 5.41) is 9.52. The van der Waals surface area contributed by atoms with E-state index in [4.69, 9.17) is 0 Å². The second kappa shape index (κ2) is 5.82. The molecule has 1 atom stereocenters. The van der Waals surface area contributed by atoms with Crippen molar-refractivity contribution < 1.29 is 31.4 Å². The predicted octanol–water partition coefficient (Wildman–Crippen LogP) is 1.73. The minimum Gasteiger partial charge on any atom is -0.406 e. The van der Waals surface area contributed by atoms with Crippen molar-refractivity contribution in [2.24, 2.45) is 0 Å². The summed E-state index contributed by atoms with van der Waals surface area (Å²) >= 11 is 0. The van der Waals surface area contributed by atoms with Gasteiger partial charge in [0.25, 0.3) is 0 Å².